The lowest BCUT2D eigenvalue weighted by Crippen LogP contribution is -2.46. The normalized spacial score (nSPS) is 14.3. The van der Waals surface area contributed by atoms with Crippen molar-refractivity contribution in [1.29, 1.82) is 0 Å². The number of fused-ring (bicyclic) bond motifs is 2. The molecule has 11 heteroatoms. The summed E-state index contributed by atoms with van der Waals surface area (Å²) < 4.78 is 5.92. The van der Waals surface area contributed by atoms with Gasteiger partial charge >= 0.3 is 11.4 Å². The molecule has 0 atom stereocenters. The minimum atomic E-state index is -0.372. The van der Waals surface area contributed by atoms with E-state index in [0.29, 0.717) is 65.7 Å². The summed E-state index contributed by atoms with van der Waals surface area (Å²) in [4.78, 5) is 67.1. The van der Waals surface area contributed by atoms with E-state index in [1.54, 1.807) is 54.8 Å². The molecule has 11 nitrogen and oxygen atoms in total. The van der Waals surface area contributed by atoms with Crippen molar-refractivity contribution in [3.05, 3.63) is 72.8 Å². The molecule has 0 saturated carbocycles. The van der Waals surface area contributed by atoms with E-state index in [4.69, 9.17) is 0 Å². The number of hydrogen-bond acceptors (Lipinski definition) is 5. The summed E-state index contributed by atoms with van der Waals surface area (Å²) in [6.45, 7) is 6.59. The van der Waals surface area contributed by atoms with E-state index in [9.17, 15) is 24.0 Å². The zero-order chi connectivity index (χ0) is 28.9. The van der Waals surface area contributed by atoms with Crippen molar-refractivity contribution < 1.29 is 9.59 Å². The van der Waals surface area contributed by atoms with Crippen LogP contribution in [0.2, 0.25) is 0 Å². The number of amides is 2. The van der Waals surface area contributed by atoms with Crippen LogP contribution in [0.25, 0.3) is 21.9 Å². The van der Waals surface area contributed by atoms with Crippen molar-refractivity contribution in [3.63, 3.8) is 0 Å². The lowest BCUT2D eigenvalue weighted by Gasteiger charge is -2.33. The van der Waals surface area contributed by atoms with Crippen LogP contribution in [0, 0.1) is 6.92 Å². The molecule has 210 valence electrons. The Morgan fingerprint density at radius 1 is 0.900 bits per heavy atom. The van der Waals surface area contributed by atoms with Crippen LogP contribution in [0.4, 0.5) is 5.69 Å². The number of benzene rings is 2. The predicted octanol–water partition coefficient (Wildman–Crippen LogP) is 2.51. The minimum absolute atomic E-state index is 0.201. The van der Waals surface area contributed by atoms with Gasteiger partial charge in [-0.15, -0.1) is 0 Å². The van der Waals surface area contributed by atoms with Gasteiger partial charge in [0.25, 0.3) is 11.5 Å². The van der Waals surface area contributed by atoms with Gasteiger partial charge in [-0.25, -0.2) is 9.59 Å². The summed E-state index contributed by atoms with van der Waals surface area (Å²) in [6, 6.07) is 8.47. The summed E-state index contributed by atoms with van der Waals surface area (Å²) in [6.07, 6.45) is 1.10. The van der Waals surface area contributed by atoms with Gasteiger partial charge in [-0.3, -0.25) is 32.7 Å². The molecule has 1 N–H and O–H groups in total. The highest BCUT2D eigenvalue weighted by Gasteiger charge is 2.29. The quantitative estimate of drug-likeness (QED) is 0.413. The molecule has 1 saturated heterocycles. The first-order valence-corrected chi connectivity index (χ1v) is 13.6. The minimum Gasteiger partial charge on any atom is -0.338 e. The van der Waals surface area contributed by atoms with Gasteiger partial charge in [0.1, 0.15) is 0 Å². The summed E-state index contributed by atoms with van der Waals surface area (Å²) >= 11 is 0. The zero-order valence-electron chi connectivity index (χ0n) is 23.5. The van der Waals surface area contributed by atoms with E-state index < -0.39 is 0 Å². The summed E-state index contributed by atoms with van der Waals surface area (Å²) in [7, 11) is 3.32. The standard InChI is InChI=1S/C29H34N6O5/c1-6-25(36)30-21-16-23-24(34(7-2)28(39)32(23)5)15-19(21)26(37)33-12-10-18(11-13-33)35-27(38)20-14-17(3)8-9-22(20)31(4)29(35)40/h8-9,14-16,18H,6-7,10-13H2,1-5H3,(H,30,36). The Labute approximate surface area is 230 Å². The van der Waals surface area contributed by atoms with E-state index in [1.165, 1.54) is 13.7 Å². The number of anilines is 1. The highest BCUT2D eigenvalue weighted by molar-refractivity contribution is 6.07. The van der Waals surface area contributed by atoms with Gasteiger partial charge in [-0.05, 0) is 51.0 Å². The molecular formula is C29H34N6O5. The number of carbonyl (C=O) groups excluding carboxylic acids is 2. The van der Waals surface area contributed by atoms with Crippen molar-refractivity contribution in [3.8, 4) is 0 Å². The average molecular weight is 547 g/mol. The molecule has 0 aliphatic carbocycles. The Morgan fingerprint density at radius 3 is 2.23 bits per heavy atom. The van der Waals surface area contributed by atoms with Gasteiger partial charge in [-0.2, -0.15) is 0 Å². The van der Waals surface area contributed by atoms with Crippen LogP contribution in [0.5, 0.6) is 0 Å². The highest BCUT2D eigenvalue weighted by atomic mass is 16.2. The maximum Gasteiger partial charge on any atom is 0.331 e. The fourth-order valence-electron chi connectivity index (χ4n) is 5.69. The van der Waals surface area contributed by atoms with Crippen molar-refractivity contribution in [2.45, 2.75) is 52.6 Å². The number of aromatic nitrogens is 4. The third kappa shape index (κ3) is 4.35. The monoisotopic (exact) mass is 546 g/mol. The molecular weight excluding hydrogens is 512 g/mol. The van der Waals surface area contributed by atoms with E-state index in [2.05, 4.69) is 5.32 Å². The molecule has 40 heavy (non-hydrogen) atoms. The highest BCUT2D eigenvalue weighted by Crippen LogP contribution is 2.28. The Balaban J connectivity index is 1.48. The summed E-state index contributed by atoms with van der Waals surface area (Å²) in [5.41, 5.74) is 2.52. The second kappa shape index (κ2) is 10.3. The number of piperidine rings is 1. The van der Waals surface area contributed by atoms with Crippen molar-refractivity contribution in [1.82, 2.24) is 23.2 Å². The van der Waals surface area contributed by atoms with Crippen LogP contribution in [0.15, 0.2) is 44.7 Å². The first kappa shape index (κ1) is 27.2. The number of rotatable bonds is 5. The third-order valence-electron chi connectivity index (χ3n) is 8.00. The van der Waals surface area contributed by atoms with Gasteiger partial charge in [0.15, 0.2) is 0 Å². The summed E-state index contributed by atoms with van der Waals surface area (Å²) in [5.74, 6) is -0.520. The predicted molar refractivity (Wildman–Crippen MR) is 154 cm³/mol. The number of likely N-dealkylation sites (tertiary alicyclic amines) is 1. The van der Waals surface area contributed by atoms with E-state index in [-0.39, 0.29) is 41.2 Å². The zero-order valence-corrected chi connectivity index (χ0v) is 23.5. The molecule has 1 fully saturated rings. The van der Waals surface area contributed by atoms with E-state index in [0.717, 1.165) is 5.56 Å². The molecule has 0 radical (unpaired) electrons. The van der Waals surface area contributed by atoms with E-state index >= 15 is 0 Å². The van der Waals surface area contributed by atoms with Crippen molar-refractivity contribution >= 4 is 39.4 Å². The molecule has 1 aliphatic rings. The maximum atomic E-state index is 13.8. The average Bonchev–Trinajstić information content (AvgIpc) is 3.19. The van der Waals surface area contributed by atoms with Crippen LogP contribution in [-0.2, 0) is 25.4 Å². The van der Waals surface area contributed by atoms with Crippen LogP contribution in [0.1, 0.15) is 55.1 Å². The Kier molecular flexibility index (Phi) is 6.99. The lowest BCUT2D eigenvalue weighted by molar-refractivity contribution is -0.115. The number of nitrogens with zero attached hydrogens (tertiary/aromatic N) is 5. The number of carbonyl (C=O) groups is 2. The lowest BCUT2D eigenvalue weighted by atomic mass is 10.0. The largest absolute Gasteiger partial charge is 0.338 e. The van der Waals surface area contributed by atoms with Gasteiger partial charge in [0.05, 0.1) is 33.2 Å². The fourth-order valence-corrected chi connectivity index (χ4v) is 5.69. The SMILES string of the molecule is CCC(=O)Nc1cc2c(cc1C(=O)N1CCC(n3c(=O)c4cc(C)ccc4n(C)c3=O)CC1)n(CC)c(=O)n2C. The molecule has 2 aromatic heterocycles. The topological polar surface area (TPSA) is 120 Å². The Morgan fingerprint density at radius 2 is 1.57 bits per heavy atom. The number of nitrogens with one attached hydrogen (secondary N) is 1. The van der Waals surface area contributed by atoms with Crippen LogP contribution in [-0.4, -0.2) is 48.1 Å². The summed E-state index contributed by atoms with van der Waals surface area (Å²) in [5, 5.41) is 3.32. The van der Waals surface area contributed by atoms with Crippen molar-refractivity contribution in [2.24, 2.45) is 14.1 Å². The fraction of sp³-hybridized carbons (Fsp3) is 0.414. The first-order valence-electron chi connectivity index (χ1n) is 13.6. The van der Waals surface area contributed by atoms with E-state index in [1.807, 2.05) is 19.9 Å². The molecule has 0 spiro atoms. The molecule has 1 aliphatic heterocycles. The van der Waals surface area contributed by atoms with Gasteiger partial charge in [0.2, 0.25) is 5.91 Å². The van der Waals surface area contributed by atoms with Crippen LogP contribution in [0.3, 0.4) is 0 Å². The molecule has 5 rings (SSSR count). The van der Waals surface area contributed by atoms with Gasteiger partial charge in [0, 0.05) is 46.2 Å². The number of aryl methyl sites for hydroxylation is 4. The Bertz CT molecular complexity index is 1850. The molecule has 3 heterocycles. The first-order chi connectivity index (χ1) is 19.1. The maximum absolute atomic E-state index is 13.8. The molecule has 0 unspecified atom stereocenters. The van der Waals surface area contributed by atoms with Crippen LogP contribution < -0.4 is 22.3 Å². The second-order valence-electron chi connectivity index (χ2n) is 10.4. The van der Waals surface area contributed by atoms with Crippen LogP contribution >= 0.6 is 0 Å². The molecule has 2 amide bonds. The van der Waals surface area contributed by atoms with Gasteiger partial charge in [-0.1, -0.05) is 18.6 Å². The number of hydrogen-bond donors (Lipinski definition) is 1. The van der Waals surface area contributed by atoms with Crippen molar-refractivity contribution in [2.75, 3.05) is 18.4 Å². The Hall–Kier alpha value is -4.41. The third-order valence-corrected chi connectivity index (χ3v) is 8.00. The molecule has 0 bridgehead atoms. The second-order valence-corrected chi connectivity index (χ2v) is 10.4. The molecule has 2 aromatic carbocycles. The number of imidazole rings is 1. The smallest absolute Gasteiger partial charge is 0.331 e. The van der Waals surface area contributed by atoms with Gasteiger partial charge < -0.3 is 10.2 Å². The molecule has 4 aromatic rings.